The minimum atomic E-state index is -4.41. The Kier molecular flexibility index (Phi) is 5.34. The topological polar surface area (TPSA) is 49.4 Å². The molecule has 0 spiro atoms. The van der Waals surface area contributed by atoms with Crippen LogP contribution in [0.1, 0.15) is 32.6 Å². The van der Waals surface area contributed by atoms with Crippen LogP contribution in [0, 0.1) is 0 Å². The predicted octanol–water partition coefficient (Wildman–Crippen LogP) is 1.86. The van der Waals surface area contributed by atoms with Crippen LogP contribution in [0.5, 0.6) is 0 Å². The summed E-state index contributed by atoms with van der Waals surface area (Å²) in [7, 11) is 0. The number of halogens is 3. The molecular weight excluding hydrogens is 201 g/mol. The summed E-state index contributed by atoms with van der Waals surface area (Å²) in [5.41, 5.74) is 0. The van der Waals surface area contributed by atoms with Gasteiger partial charge in [-0.3, -0.25) is 0 Å². The average Bonchev–Trinajstić information content (AvgIpc) is 1.96. The zero-order chi connectivity index (χ0) is 11.2. The fraction of sp³-hybridized carbons (Fsp3) is 0.875. The maximum atomic E-state index is 11.9. The third-order valence-corrected chi connectivity index (χ3v) is 1.60. The molecule has 0 amide bonds. The number of carbonyl (C=O) groups excluding carboxylic acids is 1. The Bertz CT molecular complexity index is 179. The third-order valence-electron chi connectivity index (χ3n) is 1.60. The lowest BCUT2D eigenvalue weighted by Gasteiger charge is -2.22. The summed E-state index contributed by atoms with van der Waals surface area (Å²) in [6.07, 6.45) is -7.65. The zero-order valence-electron chi connectivity index (χ0n) is 7.76. The number of unbranched alkanes of at least 4 members (excludes halogenated alkanes) is 1. The number of rotatable bonds is 5. The molecule has 0 saturated heterocycles. The van der Waals surface area contributed by atoms with E-state index >= 15 is 0 Å². The van der Waals surface area contributed by atoms with Crippen LogP contribution in [0.25, 0.3) is 0 Å². The van der Waals surface area contributed by atoms with Gasteiger partial charge in [-0.25, -0.2) is 0 Å². The van der Waals surface area contributed by atoms with Crippen molar-refractivity contribution in [1.29, 1.82) is 0 Å². The van der Waals surface area contributed by atoms with Crippen LogP contribution in [0.15, 0.2) is 0 Å². The first-order chi connectivity index (χ1) is 6.35. The van der Waals surface area contributed by atoms with Gasteiger partial charge in [-0.05, 0) is 6.42 Å². The van der Waals surface area contributed by atoms with E-state index in [1.807, 2.05) is 0 Å². The van der Waals surface area contributed by atoms with Crippen molar-refractivity contribution < 1.29 is 27.8 Å². The molecule has 1 atom stereocenters. The van der Waals surface area contributed by atoms with Gasteiger partial charge in [-0.2, -0.15) is 13.2 Å². The first kappa shape index (κ1) is 13.1. The molecule has 0 aliphatic rings. The van der Waals surface area contributed by atoms with Crippen molar-refractivity contribution in [2.24, 2.45) is 0 Å². The lowest BCUT2D eigenvalue weighted by Crippen LogP contribution is -2.32. The molecule has 0 radical (unpaired) electrons. The smallest absolute Gasteiger partial charge is 0.391 e. The summed E-state index contributed by atoms with van der Waals surface area (Å²) in [4.78, 5) is 9.96. The van der Waals surface area contributed by atoms with E-state index in [2.05, 4.69) is 4.74 Å². The van der Waals surface area contributed by atoms with Crippen molar-refractivity contribution >= 4 is 6.16 Å². The van der Waals surface area contributed by atoms with E-state index in [1.54, 1.807) is 6.92 Å². The normalized spacial score (nSPS) is 13.7. The van der Waals surface area contributed by atoms with E-state index in [9.17, 15) is 23.1 Å². The van der Waals surface area contributed by atoms with Crippen LogP contribution in [0.2, 0.25) is 0 Å². The van der Waals surface area contributed by atoms with Gasteiger partial charge in [0, 0.05) is 6.10 Å². The van der Waals surface area contributed by atoms with Gasteiger partial charge < -0.3 is 14.6 Å². The van der Waals surface area contributed by atoms with E-state index in [-0.39, 0.29) is 6.42 Å². The summed E-state index contributed by atoms with van der Waals surface area (Å²) < 4.78 is 39.7. The SMILES string of the molecule is CCCCC(CC(F)(F)F)OC(=O)[O-]. The number of carbonyl (C=O) groups is 1. The Morgan fingerprint density at radius 2 is 2.07 bits per heavy atom. The largest absolute Gasteiger partial charge is 0.546 e. The van der Waals surface area contributed by atoms with Gasteiger partial charge in [0.25, 0.3) is 6.16 Å². The highest BCUT2D eigenvalue weighted by Crippen LogP contribution is 2.25. The standard InChI is InChI=1S/C8H13F3O3/c1-2-3-4-6(14-7(12)13)5-8(9,10)11/h6H,2-5H2,1H3,(H,12,13)/p-1. The highest BCUT2D eigenvalue weighted by Gasteiger charge is 2.31. The van der Waals surface area contributed by atoms with Gasteiger partial charge in [0.05, 0.1) is 6.42 Å². The first-order valence-corrected chi connectivity index (χ1v) is 4.29. The molecule has 3 nitrogen and oxygen atoms in total. The first-order valence-electron chi connectivity index (χ1n) is 4.29. The Labute approximate surface area is 79.9 Å². The van der Waals surface area contributed by atoms with Crippen molar-refractivity contribution in [2.75, 3.05) is 0 Å². The maximum absolute atomic E-state index is 11.9. The molecule has 0 aliphatic carbocycles. The number of carboxylic acid groups (broad SMARTS) is 1. The Hall–Kier alpha value is -0.940. The lowest BCUT2D eigenvalue weighted by atomic mass is 10.1. The van der Waals surface area contributed by atoms with Gasteiger partial charge in [0.15, 0.2) is 0 Å². The van der Waals surface area contributed by atoms with Crippen LogP contribution in [-0.2, 0) is 4.74 Å². The molecule has 6 heteroatoms. The van der Waals surface area contributed by atoms with Crippen LogP contribution >= 0.6 is 0 Å². The van der Waals surface area contributed by atoms with Crippen molar-refractivity contribution in [3.05, 3.63) is 0 Å². The Morgan fingerprint density at radius 3 is 2.43 bits per heavy atom. The van der Waals surface area contributed by atoms with Gasteiger partial charge >= 0.3 is 6.18 Å². The molecule has 0 rings (SSSR count). The fourth-order valence-corrected chi connectivity index (χ4v) is 1.03. The maximum Gasteiger partial charge on any atom is 0.391 e. The van der Waals surface area contributed by atoms with Gasteiger partial charge in [0.1, 0.15) is 0 Å². The van der Waals surface area contributed by atoms with Crippen molar-refractivity contribution in [2.45, 2.75) is 44.9 Å². The molecule has 0 fully saturated rings. The summed E-state index contributed by atoms with van der Waals surface area (Å²) in [5.74, 6) is 0. The van der Waals surface area contributed by atoms with Crippen molar-refractivity contribution in [3.8, 4) is 0 Å². The van der Waals surface area contributed by atoms with Crippen LogP contribution in [0.4, 0.5) is 18.0 Å². The molecule has 0 aliphatic heterocycles. The second-order valence-electron chi connectivity index (χ2n) is 2.95. The molecule has 0 saturated carbocycles. The predicted molar refractivity (Wildman–Crippen MR) is 40.5 cm³/mol. The van der Waals surface area contributed by atoms with E-state index in [0.717, 1.165) is 0 Å². The molecule has 0 aromatic heterocycles. The van der Waals surface area contributed by atoms with Crippen LogP contribution in [-0.4, -0.2) is 18.4 Å². The monoisotopic (exact) mass is 213 g/mol. The van der Waals surface area contributed by atoms with Gasteiger partial charge in [-0.1, -0.05) is 19.8 Å². The molecule has 0 heterocycles. The van der Waals surface area contributed by atoms with Gasteiger partial charge in [-0.15, -0.1) is 0 Å². The molecule has 1 unspecified atom stereocenters. The second-order valence-corrected chi connectivity index (χ2v) is 2.95. The quantitative estimate of drug-likeness (QED) is 0.655. The van der Waals surface area contributed by atoms with E-state index in [1.165, 1.54) is 0 Å². The van der Waals surface area contributed by atoms with E-state index < -0.39 is 24.9 Å². The molecular formula is C8H12F3O3-. The van der Waals surface area contributed by atoms with E-state index in [4.69, 9.17) is 0 Å². The fourth-order valence-electron chi connectivity index (χ4n) is 1.03. The van der Waals surface area contributed by atoms with Gasteiger partial charge in [0.2, 0.25) is 0 Å². The summed E-state index contributed by atoms with van der Waals surface area (Å²) in [6.45, 7) is 1.80. The van der Waals surface area contributed by atoms with E-state index in [0.29, 0.717) is 12.8 Å². The third kappa shape index (κ3) is 7.70. The zero-order valence-corrected chi connectivity index (χ0v) is 7.76. The minimum Gasteiger partial charge on any atom is -0.546 e. The summed E-state index contributed by atoms with van der Waals surface area (Å²) in [6, 6.07) is 0. The number of ether oxygens (including phenoxy) is 1. The van der Waals surface area contributed by atoms with Crippen LogP contribution in [0.3, 0.4) is 0 Å². The number of hydrogen-bond acceptors (Lipinski definition) is 3. The molecule has 0 aromatic rings. The highest BCUT2D eigenvalue weighted by atomic mass is 19.4. The molecule has 0 N–H and O–H groups in total. The second kappa shape index (κ2) is 5.72. The Balaban J connectivity index is 4.03. The minimum absolute atomic E-state index is 0.0734. The highest BCUT2D eigenvalue weighted by molar-refractivity contribution is 5.54. The molecule has 0 aromatic carbocycles. The number of hydrogen-bond donors (Lipinski definition) is 0. The van der Waals surface area contributed by atoms with Crippen molar-refractivity contribution in [1.82, 2.24) is 0 Å². The molecule has 0 bridgehead atoms. The molecule has 84 valence electrons. The average molecular weight is 213 g/mol. The van der Waals surface area contributed by atoms with Crippen LogP contribution < -0.4 is 5.11 Å². The lowest BCUT2D eigenvalue weighted by molar-refractivity contribution is -0.291. The Morgan fingerprint density at radius 1 is 1.50 bits per heavy atom. The summed E-state index contributed by atoms with van der Waals surface area (Å²) in [5, 5.41) is 9.96. The molecule has 14 heavy (non-hydrogen) atoms. The number of alkyl halides is 3. The summed E-state index contributed by atoms with van der Waals surface area (Å²) >= 11 is 0. The van der Waals surface area contributed by atoms with Crippen molar-refractivity contribution in [3.63, 3.8) is 0 Å².